The van der Waals surface area contributed by atoms with Crippen LogP contribution in [0, 0.1) is 5.92 Å². The van der Waals surface area contributed by atoms with Gasteiger partial charge >= 0.3 is 6.09 Å². The lowest BCUT2D eigenvalue weighted by Gasteiger charge is -2.18. The van der Waals surface area contributed by atoms with E-state index in [-0.39, 0.29) is 11.8 Å². The van der Waals surface area contributed by atoms with Gasteiger partial charge < -0.3 is 14.9 Å². The molecule has 0 saturated carbocycles. The van der Waals surface area contributed by atoms with Crippen LogP contribution in [0.1, 0.15) is 17.5 Å². The molecule has 23 heavy (non-hydrogen) atoms. The van der Waals surface area contributed by atoms with Gasteiger partial charge in [0.15, 0.2) is 0 Å². The zero-order valence-electron chi connectivity index (χ0n) is 14.0. The minimum atomic E-state index is -0.928. The highest BCUT2D eigenvalue weighted by molar-refractivity contribution is 5.78. The largest absolute Gasteiger partial charge is 0.465 e. The maximum atomic E-state index is 12.0. The van der Waals surface area contributed by atoms with E-state index in [1.54, 1.807) is 26.0 Å². The SMILES string of the molecule is CN(C)C(=O)C1CCN(Cc2ccc(CN(C)C(=O)O)cc2)C1. The highest BCUT2D eigenvalue weighted by atomic mass is 16.4. The van der Waals surface area contributed by atoms with Crippen molar-refractivity contribution in [1.82, 2.24) is 14.7 Å². The molecule has 1 fully saturated rings. The van der Waals surface area contributed by atoms with Crippen molar-refractivity contribution in [3.63, 3.8) is 0 Å². The Morgan fingerprint density at radius 3 is 2.35 bits per heavy atom. The quantitative estimate of drug-likeness (QED) is 0.897. The van der Waals surface area contributed by atoms with Crippen LogP contribution in [0.15, 0.2) is 24.3 Å². The first-order valence-electron chi connectivity index (χ1n) is 7.82. The minimum Gasteiger partial charge on any atom is -0.465 e. The summed E-state index contributed by atoms with van der Waals surface area (Å²) in [5.41, 5.74) is 2.16. The van der Waals surface area contributed by atoms with Crippen LogP contribution in [0.2, 0.25) is 0 Å². The first-order valence-corrected chi connectivity index (χ1v) is 7.82. The van der Waals surface area contributed by atoms with E-state index in [0.717, 1.165) is 31.6 Å². The second kappa shape index (κ2) is 7.46. The highest BCUT2D eigenvalue weighted by Crippen LogP contribution is 2.20. The standard InChI is InChI=1S/C17H25N3O3/c1-18(2)16(21)15-8-9-20(12-15)11-14-6-4-13(5-7-14)10-19(3)17(22)23/h4-7,15H,8-12H2,1-3H3,(H,22,23). The van der Waals surface area contributed by atoms with Gasteiger partial charge in [0.25, 0.3) is 0 Å². The van der Waals surface area contributed by atoms with E-state index in [9.17, 15) is 9.59 Å². The van der Waals surface area contributed by atoms with Gasteiger partial charge in [0.2, 0.25) is 5.91 Å². The van der Waals surface area contributed by atoms with Crippen molar-refractivity contribution in [3.8, 4) is 0 Å². The molecule has 1 aliphatic heterocycles. The molecule has 2 rings (SSSR count). The summed E-state index contributed by atoms with van der Waals surface area (Å²) < 4.78 is 0. The molecule has 1 aliphatic rings. The lowest BCUT2D eigenvalue weighted by molar-refractivity contribution is -0.132. The second-order valence-corrected chi connectivity index (χ2v) is 6.41. The summed E-state index contributed by atoms with van der Waals surface area (Å²) >= 11 is 0. The maximum Gasteiger partial charge on any atom is 0.407 e. The van der Waals surface area contributed by atoms with Gasteiger partial charge in [-0.15, -0.1) is 0 Å². The molecule has 1 atom stereocenters. The van der Waals surface area contributed by atoms with E-state index in [1.165, 1.54) is 10.5 Å². The third kappa shape index (κ3) is 4.69. The van der Waals surface area contributed by atoms with E-state index in [2.05, 4.69) is 4.90 Å². The number of likely N-dealkylation sites (tertiary alicyclic amines) is 1. The fourth-order valence-electron chi connectivity index (χ4n) is 2.89. The molecule has 1 aromatic carbocycles. The van der Waals surface area contributed by atoms with Crippen molar-refractivity contribution >= 4 is 12.0 Å². The predicted molar refractivity (Wildman–Crippen MR) is 88.0 cm³/mol. The summed E-state index contributed by atoms with van der Waals surface area (Å²) in [5, 5.41) is 8.88. The second-order valence-electron chi connectivity index (χ2n) is 6.41. The fourth-order valence-corrected chi connectivity index (χ4v) is 2.89. The first-order chi connectivity index (χ1) is 10.9. The van der Waals surface area contributed by atoms with Crippen LogP contribution >= 0.6 is 0 Å². The zero-order chi connectivity index (χ0) is 17.0. The average molecular weight is 319 g/mol. The Hall–Kier alpha value is -2.08. The lowest BCUT2D eigenvalue weighted by Crippen LogP contribution is -2.31. The summed E-state index contributed by atoms with van der Waals surface area (Å²) in [6.07, 6.45) is -0.0128. The Kier molecular flexibility index (Phi) is 5.60. The van der Waals surface area contributed by atoms with Crippen LogP contribution in [-0.4, -0.2) is 66.0 Å². The number of nitrogens with zero attached hydrogens (tertiary/aromatic N) is 3. The molecule has 126 valence electrons. The molecule has 6 heteroatoms. The van der Waals surface area contributed by atoms with Crippen molar-refractivity contribution in [1.29, 1.82) is 0 Å². The Morgan fingerprint density at radius 1 is 1.17 bits per heavy atom. The first kappa shape index (κ1) is 17.3. The van der Waals surface area contributed by atoms with Crippen molar-refractivity contribution in [3.05, 3.63) is 35.4 Å². The van der Waals surface area contributed by atoms with Crippen molar-refractivity contribution in [2.75, 3.05) is 34.2 Å². The van der Waals surface area contributed by atoms with Crippen LogP contribution in [0.5, 0.6) is 0 Å². The molecule has 0 aromatic heterocycles. The van der Waals surface area contributed by atoms with Gasteiger partial charge in [0, 0.05) is 40.8 Å². The molecule has 0 bridgehead atoms. The van der Waals surface area contributed by atoms with Crippen LogP contribution < -0.4 is 0 Å². The highest BCUT2D eigenvalue weighted by Gasteiger charge is 2.29. The van der Waals surface area contributed by atoms with Gasteiger partial charge in [0.05, 0.1) is 5.92 Å². The Labute approximate surface area is 137 Å². The molecule has 0 spiro atoms. The zero-order valence-corrected chi connectivity index (χ0v) is 14.0. The summed E-state index contributed by atoms with van der Waals surface area (Å²) in [7, 11) is 5.16. The van der Waals surface area contributed by atoms with Crippen LogP contribution in [-0.2, 0) is 17.9 Å². The van der Waals surface area contributed by atoms with E-state index in [1.807, 2.05) is 24.3 Å². The van der Waals surface area contributed by atoms with E-state index in [0.29, 0.717) is 6.54 Å². The van der Waals surface area contributed by atoms with E-state index >= 15 is 0 Å². The van der Waals surface area contributed by atoms with E-state index < -0.39 is 6.09 Å². The van der Waals surface area contributed by atoms with Gasteiger partial charge in [-0.05, 0) is 24.1 Å². The molecule has 1 N–H and O–H groups in total. The molecule has 0 radical (unpaired) electrons. The normalized spacial score (nSPS) is 18.0. The van der Waals surface area contributed by atoms with Gasteiger partial charge in [-0.1, -0.05) is 24.3 Å². The number of hydrogen-bond acceptors (Lipinski definition) is 3. The molecule has 0 aliphatic carbocycles. The van der Waals surface area contributed by atoms with Gasteiger partial charge in [-0.25, -0.2) is 4.79 Å². The summed E-state index contributed by atoms with van der Waals surface area (Å²) in [5.74, 6) is 0.313. The number of hydrogen-bond donors (Lipinski definition) is 1. The minimum absolute atomic E-state index is 0.105. The number of carbonyl (C=O) groups excluding carboxylic acids is 1. The molecular formula is C17H25N3O3. The smallest absolute Gasteiger partial charge is 0.407 e. The van der Waals surface area contributed by atoms with Crippen molar-refractivity contribution in [2.24, 2.45) is 5.92 Å². The number of benzene rings is 1. The summed E-state index contributed by atoms with van der Waals surface area (Å²) in [4.78, 5) is 28.0. The molecule has 1 unspecified atom stereocenters. The number of carbonyl (C=O) groups is 2. The Morgan fingerprint density at radius 2 is 1.78 bits per heavy atom. The Bertz CT molecular complexity index is 557. The lowest BCUT2D eigenvalue weighted by atomic mass is 10.1. The van der Waals surface area contributed by atoms with Gasteiger partial charge in [-0.3, -0.25) is 9.69 Å². The van der Waals surface area contributed by atoms with Crippen molar-refractivity contribution in [2.45, 2.75) is 19.5 Å². The molecular weight excluding hydrogens is 294 g/mol. The molecule has 1 heterocycles. The molecule has 6 nitrogen and oxygen atoms in total. The third-order valence-electron chi connectivity index (χ3n) is 4.24. The summed E-state index contributed by atoms with van der Waals surface area (Å²) in [6, 6.07) is 8.00. The van der Waals surface area contributed by atoms with Crippen LogP contribution in [0.25, 0.3) is 0 Å². The summed E-state index contributed by atoms with van der Waals surface area (Å²) in [6.45, 7) is 2.96. The van der Waals surface area contributed by atoms with Crippen molar-refractivity contribution < 1.29 is 14.7 Å². The van der Waals surface area contributed by atoms with E-state index in [4.69, 9.17) is 5.11 Å². The van der Waals surface area contributed by atoms with Gasteiger partial charge in [-0.2, -0.15) is 0 Å². The topological polar surface area (TPSA) is 64.1 Å². The number of carboxylic acid groups (broad SMARTS) is 1. The fraction of sp³-hybridized carbons (Fsp3) is 0.529. The average Bonchev–Trinajstić information content (AvgIpc) is 2.96. The van der Waals surface area contributed by atoms with Crippen LogP contribution in [0.3, 0.4) is 0 Å². The van der Waals surface area contributed by atoms with Crippen LogP contribution in [0.4, 0.5) is 4.79 Å². The maximum absolute atomic E-state index is 12.0. The molecule has 1 aromatic rings. The Balaban J connectivity index is 1.87. The number of amides is 2. The van der Waals surface area contributed by atoms with Gasteiger partial charge in [0.1, 0.15) is 0 Å². The molecule has 1 saturated heterocycles. The predicted octanol–water partition coefficient (Wildman–Crippen LogP) is 1.71. The molecule has 2 amide bonds. The third-order valence-corrected chi connectivity index (χ3v) is 4.24. The monoisotopic (exact) mass is 319 g/mol. The number of rotatable bonds is 5.